The van der Waals surface area contributed by atoms with E-state index in [1.165, 1.54) is 0 Å². The van der Waals surface area contributed by atoms with Gasteiger partial charge in [-0.1, -0.05) is 40.7 Å². The lowest BCUT2D eigenvalue weighted by Gasteiger charge is -2.35. The minimum absolute atomic E-state index is 0.0434. The van der Waals surface area contributed by atoms with Crippen LogP contribution in [0.1, 0.15) is 57.7 Å². The number of hydrogen-bond acceptors (Lipinski definition) is 3. The van der Waals surface area contributed by atoms with Crippen LogP contribution in [-0.4, -0.2) is 15.3 Å². The van der Waals surface area contributed by atoms with Gasteiger partial charge in [-0.2, -0.15) is 0 Å². The maximum Gasteiger partial charge on any atom is 0.121 e. The Balaban J connectivity index is 3.34. The van der Waals surface area contributed by atoms with E-state index in [4.69, 9.17) is 0 Å². The van der Waals surface area contributed by atoms with Crippen LogP contribution in [0, 0.1) is 5.41 Å². The molecule has 0 radical (unpaired) electrons. The number of hydrogen-bond donors (Lipinski definition) is 3. The second kappa shape index (κ2) is 5.51. The molecule has 1 aromatic carbocycles. The number of benzene rings is 1. The van der Waals surface area contributed by atoms with Crippen molar-refractivity contribution >= 4 is 0 Å². The first-order valence-corrected chi connectivity index (χ1v) is 6.68. The van der Waals surface area contributed by atoms with Crippen LogP contribution in [-0.2, 0) is 18.6 Å². The molecule has 0 unspecified atom stereocenters. The summed E-state index contributed by atoms with van der Waals surface area (Å²) in [6.07, 6.45) is 0.947. The summed E-state index contributed by atoms with van der Waals surface area (Å²) in [6, 6.07) is 3.45. The first-order valence-electron chi connectivity index (χ1n) is 6.68. The minimum atomic E-state index is -0.263. The average Bonchev–Trinajstić information content (AvgIpc) is 2.24. The van der Waals surface area contributed by atoms with Crippen molar-refractivity contribution in [2.45, 2.75) is 59.7 Å². The molecule has 0 heterocycles. The number of phenols is 1. The maximum atomic E-state index is 9.77. The molecule has 0 atom stereocenters. The Morgan fingerprint density at radius 1 is 0.895 bits per heavy atom. The van der Waals surface area contributed by atoms with Crippen molar-refractivity contribution in [1.29, 1.82) is 0 Å². The third kappa shape index (κ3) is 3.71. The van der Waals surface area contributed by atoms with Gasteiger partial charge in [-0.05, 0) is 34.4 Å². The second-order valence-electron chi connectivity index (χ2n) is 7.03. The van der Waals surface area contributed by atoms with Gasteiger partial charge in [-0.25, -0.2) is 0 Å². The smallest absolute Gasteiger partial charge is 0.121 e. The maximum absolute atomic E-state index is 9.77. The van der Waals surface area contributed by atoms with Crippen LogP contribution in [0.3, 0.4) is 0 Å². The van der Waals surface area contributed by atoms with Crippen LogP contribution in [0.5, 0.6) is 5.75 Å². The topological polar surface area (TPSA) is 60.7 Å². The summed E-state index contributed by atoms with van der Waals surface area (Å²) in [5.41, 5.74) is 2.10. The second-order valence-corrected chi connectivity index (χ2v) is 7.03. The third-order valence-electron chi connectivity index (χ3n) is 3.42. The highest BCUT2D eigenvalue weighted by Crippen LogP contribution is 2.40. The van der Waals surface area contributed by atoms with E-state index in [1.807, 2.05) is 6.07 Å². The standard InChI is InChI=1S/C16H26O3/c1-15(2,3)10-16(4,5)13-6-7-14(19)12(9-18)11(13)8-17/h6-7,17-19H,8-10H2,1-5H3. The summed E-state index contributed by atoms with van der Waals surface area (Å²) in [5.74, 6) is 0.0434. The number of aromatic hydroxyl groups is 1. The summed E-state index contributed by atoms with van der Waals surface area (Å²) in [6.45, 7) is 10.4. The first-order chi connectivity index (χ1) is 8.62. The lowest BCUT2D eigenvalue weighted by atomic mass is 9.70. The summed E-state index contributed by atoms with van der Waals surface area (Å²) in [4.78, 5) is 0. The fraction of sp³-hybridized carbons (Fsp3) is 0.625. The van der Waals surface area contributed by atoms with Crippen LogP contribution >= 0.6 is 0 Å². The first kappa shape index (κ1) is 16.0. The third-order valence-corrected chi connectivity index (χ3v) is 3.42. The average molecular weight is 266 g/mol. The van der Waals surface area contributed by atoms with E-state index < -0.39 is 0 Å². The molecule has 0 bridgehead atoms. The summed E-state index contributed by atoms with van der Waals surface area (Å²) < 4.78 is 0. The number of aliphatic hydroxyl groups is 2. The summed E-state index contributed by atoms with van der Waals surface area (Å²) >= 11 is 0. The molecule has 0 spiro atoms. The quantitative estimate of drug-likeness (QED) is 0.785. The van der Waals surface area contributed by atoms with Gasteiger partial charge in [0, 0.05) is 5.56 Å². The fourth-order valence-electron chi connectivity index (χ4n) is 3.09. The van der Waals surface area contributed by atoms with Crippen molar-refractivity contribution in [3.8, 4) is 5.75 Å². The van der Waals surface area contributed by atoms with Crippen LogP contribution in [0.25, 0.3) is 0 Å². The fourth-order valence-corrected chi connectivity index (χ4v) is 3.09. The highest BCUT2D eigenvalue weighted by molar-refractivity contribution is 5.46. The molecule has 1 rings (SSSR count). The van der Waals surface area contributed by atoms with Gasteiger partial charge in [0.25, 0.3) is 0 Å². The Morgan fingerprint density at radius 2 is 1.42 bits per heavy atom. The predicted molar refractivity (Wildman–Crippen MR) is 77.1 cm³/mol. The van der Waals surface area contributed by atoms with Crippen LogP contribution in [0.15, 0.2) is 12.1 Å². The molecule has 0 aliphatic rings. The Labute approximate surface area is 115 Å². The lowest BCUT2D eigenvalue weighted by molar-refractivity contribution is 0.245. The zero-order valence-electron chi connectivity index (χ0n) is 12.6. The van der Waals surface area contributed by atoms with E-state index in [-0.39, 0.29) is 29.8 Å². The molecule has 0 saturated heterocycles. The van der Waals surface area contributed by atoms with Gasteiger partial charge in [0.2, 0.25) is 0 Å². The van der Waals surface area contributed by atoms with Crippen LogP contribution < -0.4 is 0 Å². The Kier molecular flexibility index (Phi) is 4.64. The molecule has 3 nitrogen and oxygen atoms in total. The van der Waals surface area contributed by atoms with E-state index in [0.29, 0.717) is 11.1 Å². The highest BCUT2D eigenvalue weighted by Gasteiger charge is 2.30. The molecule has 0 saturated carbocycles. The molecule has 1 aromatic rings. The van der Waals surface area contributed by atoms with Crippen molar-refractivity contribution in [1.82, 2.24) is 0 Å². The van der Waals surface area contributed by atoms with Crippen molar-refractivity contribution in [2.75, 3.05) is 0 Å². The van der Waals surface area contributed by atoms with E-state index in [1.54, 1.807) is 6.07 Å². The monoisotopic (exact) mass is 266 g/mol. The normalized spacial score (nSPS) is 12.8. The molecule has 0 fully saturated rings. The largest absolute Gasteiger partial charge is 0.508 e. The molecule has 19 heavy (non-hydrogen) atoms. The van der Waals surface area contributed by atoms with Gasteiger partial charge in [-0.3, -0.25) is 0 Å². The minimum Gasteiger partial charge on any atom is -0.508 e. The number of aliphatic hydroxyl groups excluding tert-OH is 2. The van der Waals surface area contributed by atoms with Gasteiger partial charge < -0.3 is 15.3 Å². The van der Waals surface area contributed by atoms with E-state index in [9.17, 15) is 15.3 Å². The SMILES string of the molecule is CC(C)(C)CC(C)(C)c1ccc(O)c(CO)c1CO. The van der Waals surface area contributed by atoms with Crippen LogP contribution in [0.2, 0.25) is 0 Å². The van der Waals surface area contributed by atoms with E-state index in [0.717, 1.165) is 12.0 Å². The zero-order valence-corrected chi connectivity index (χ0v) is 12.6. The van der Waals surface area contributed by atoms with Gasteiger partial charge in [0.1, 0.15) is 5.75 Å². The molecule has 3 heteroatoms. The van der Waals surface area contributed by atoms with E-state index in [2.05, 4.69) is 34.6 Å². The predicted octanol–water partition coefficient (Wildman–Crippen LogP) is 3.09. The Bertz CT molecular complexity index is 442. The van der Waals surface area contributed by atoms with E-state index >= 15 is 0 Å². The zero-order chi connectivity index (χ0) is 14.8. The molecular weight excluding hydrogens is 240 g/mol. The van der Waals surface area contributed by atoms with Gasteiger partial charge in [0.05, 0.1) is 13.2 Å². The molecule has 0 aliphatic carbocycles. The van der Waals surface area contributed by atoms with Gasteiger partial charge >= 0.3 is 0 Å². The molecular formula is C16H26O3. The van der Waals surface area contributed by atoms with Crippen molar-refractivity contribution in [2.24, 2.45) is 5.41 Å². The molecule has 0 amide bonds. The summed E-state index contributed by atoms with van der Waals surface area (Å²) in [7, 11) is 0. The van der Waals surface area contributed by atoms with Gasteiger partial charge in [-0.15, -0.1) is 0 Å². The Morgan fingerprint density at radius 3 is 1.84 bits per heavy atom. The molecule has 0 aromatic heterocycles. The van der Waals surface area contributed by atoms with Crippen LogP contribution in [0.4, 0.5) is 0 Å². The van der Waals surface area contributed by atoms with Crippen molar-refractivity contribution < 1.29 is 15.3 Å². The molecule has 3 N–H and O–H groups in total. The van der Waals surface area contributed by atoms with Gasteiger partial charge in [0.15, 0.2) is 0 Å². The molecule has 108 valence electrons. The highest BCUT2D eigenvalue weighted by atomic mass is 16.3. The Hall–Kier alpha value is -1.06. The molecule has 0 aliphatic heterocycles. The summed E-state index contributed by atoms with van der Waals surface area (Å²) in [5, 5.41) is 28.8. The number of rotatable bonds is 4. The van der Waals surface area contributed by atoms with Crippen molar-refractivity contribution in [3.05, 3.63) is 28.8 Å². The lowest BCUT2D eigenvalue weighted by Crippen LogP contribution is -2.26. The van der Waals surface area contributed by atoms with Crippen molar-refractivity contribution in [3.63, 3.8) is 0 Å².